The van der Waals surface area contributed by atoms with Crippen molar-refractivity contribution in [1.82, 2.24) is 0 Å². The predicted molar refractivity (Wildman–Crippen MR) is 98.6 cm³/mol. The molecule has 1 N–H and O–H groups in total. The first-order valence-electron chi connectivity index (χ1n) is 9.43. The predicted octanol–water partition coefficient (Wildman–Crippen LogP) is 3.74. The van der Waals surface area contributed by atoms with Crippen LogP contribution in [0.1, 0.15) is 51.9 Å². The van der Waals surface area contributed by atoms with Crippen molar-refractivity contribution in [1.29, 1.82) is 0 Å². The highest BCUT2D eigenvalue weighted by Gasteiger charge is 2.25. The maximum atomic E-state index is 12.4. The summed E-state index contributed by atoms with van der Waals surface area (Å²) in [4.78, 5) is 26.3. The molecule has 1 saturated carbocycles. The minimum Gasteiger partial charge on any atom is -0.381 e. The van der Waals surface area contributed by atoms with Gasteiger partial charge in [0.25, 0.3) is 0 Å². The molecule has 2 amide bonds. The molecule has 5 nitrogen and oxygen atoms in total. The Balaban J connectivity index is 1.65. The van der Waals surface area contributed by atoms with Crippen LogP contribution < -0.4 is 10.2 Å². The molecule has 0 spiro atoms. The summed E-state index contributed by atoms with van der Waals surface area (Å²) < 4.78 is 5.40. The molecule has 3 rings (SSSR count). The fraction of sp³-hybridized carbons (Fsp3) is 0.600. The lowest BCUT2D eigenvalue weighted by Crippen LogP contribution is -2.42. The second kappa shape index (κ2) is 8.48. The molecule has 0 atom stereocenters. The zero-order valence-corrected chi connectivity index (χ0v) is 15.0. The quantitative estimate of drug-likeness (QED) is 0.905. The van der Waals surface area contributed by atoms with Crippen LogP contribution in [0.25, 0.3) is 0 Å². The van der Waals surface area contributed by atoms with Crippen LogP contribution in [-0.4, -0.2) is 31.1 Å². The molecule has 1 aliphatic heterocycles. The van der Waals surface area contributed by atoms with Crippen molar-refractivity contribution in [2.24, 2.45) is 5.92 Å². The molecule has 5 heteroatoms. The Hall–Kier alpha value is -1.88. The average molecular weight is 344 g/mol. The normalized spacial score (nSPS) is 19.4. The molecule has 0 radical (unpaired) electrons. The van der Waals surface area contributed by atoms with E-state index in [0.29, 0.717) is 13.2 Å². The largest absolute Gasteiger partial charge is 0.381 e. The standard InChI is InChI=1S/C20H28N2O3/c1-15(23)22(19-11-13-25-14-12-19)18-9-7-17(8-10-18)21-20(24)16-5-3-2-4-6-16/h7-10,16,19H,2-6,11-14H2,1H3,(H,21,24). The van der Waals surface area contributed by atoms with Gasteiger partial charge in [-0.3, -0.25) is 9.59 Å². The molecular weight excluding hydrogens is 316 g/mol. The highest BCUT2D eigenvalue weighted by Crippen LogP contribution is 2.27. The average Bonchev–Trinajstić information content (AvgIpc) is 2.65. The maximum absolute atomic E-state index is 12.4. The number of amides is 2. The van der Waals surface area contributed by atoms with Crippen LogP contribution >= 0.6 is 0 Å². The van der Waals surface area contributed by atoms with Crippen LogP contribution in [-0.2, 0) is 14.3 Å². The summed E-state index contributed by atoms with van der Waals surface area (Å²) in [5.74, 6) is 0.315. The fourth-order valence-electron chi connectivity index (χ4n) is 3.91. The summed E-state index contributed by atoms with van der Waals surface area (Å²) in [6.07, 6.45) is 7.24. The Morgan fingerprint density at radius 1 is 1.00 bits per heavy atom. The van der Waals surface area contributed by atoms with E-state index in [-0.39, 0.29) is 23.8 Å². The topological polar surface area (TPSA) is 58.6 Å². The van der Waals surface area contributed by atoms with E-state index in [2.05, 4.69) is 5.32 Å². The fourth-order valence-corrected chi connectivity index (χ4v) is 3.91. The number of carbonyl (C=O) groups is 2. The molecule has 2 fully saturated rings. The van der Waals surface area contributed by atoms with E-state index >= 15 is 0 Å². The number of rotatable bonds is 4. The summed E-state index contributed by atoms with van der Waals surface area (Å²) in [5, 5.41) is 3.02. The molecule has 1 aliphatic carbocycles. The first-order chi connectivity index (χ1) is 12.1. The van der Waals surface area contributed by atoms with Gasteiger partial charge in [-0.15, -0.1) is 0 Å². The number of carbonyl (C=O) groups excluding carboxylic acids is 2. The number of nitrogens with one attached hydrogen (secondary N) is 1. The third-order valence-electron chi connectivity index (χ3n) is 5.28. The second-order valence-corrected chi connectivity index (χ2v) is 7.10. The summed E-state index contributed by atoms with van der Waals surface area (Å²) in [6.45, 7) is 3.00. The minimum atomic E-state index is 0.0471. The van der Waals surface area contributed by atoms with Crippen LogP contribution in [0.3, 0.4) is 0 Å². The second-order valence-electron chi connectivity index (χ2n) is 7.10. The van der Waals surface area contributed by atoms with Crippen molar-refractivity contribution in [2.45, 2.75) is 57.9 Å². The highest BCUT2D eigenvalue weighted by molar-refractivity contribution is 5.94. The van der Waals surface area contributed by atoms with Crippen molar-refractivity contribution in [3.8, 4) is 0 Å². The molecule has 136 valence electrons. The molecule has 1 aromatic rings. The Morgan fingerprint density at radius 3 is 2.24 bits per heavy atom. The molecular formula is C20H28N2O3. The Bertz CT molecular complexity index is 587. The van der Waals surface area contributed by atoms with Gasteiger partial charge in [-0.1, -0.05) is 19.3 Å². The molecule has 1 saturated heterocycles. The number of nitrogens with zero attached hydrogens (tertiary/aromatic N) is 1. The summed E-state index contributed by atoms with van der Waals surface area (Å²) in [5.41, 5.74) is 1.69. The van der Waals surface area contributed by atoms with Gasteiger partial charge < -0.3 is 15.0 Å². The molecule has 0 aromatic heterocycles. The van der Waals surface area contributed by atoms with E-state index in [9.17, 15) is 9.59 Å². The molecule has 0 bridgehead atoms. The molecule has 0 unspecified atom stereocenters. The smallest absolute Gasteiger partial charge is 0.227 e. The minimum absolute atomic E-state index is 0.0471. The van der Waals surface area contributed by atoms with Gasteiger partial charge in [0, 0.05) is 43.5 Å². The zero-order valence-electron chi connectivity index (χ0n) is 15.0. The SMILES string of the molecule is CC(=O)N(c1ccc(NC(=O)C2CCCCC2)cc1)C1CCOCC1. The van der Waals surface area contributed by atoms with E-state index in [1.807, 2.05) is 29.2 Å². The van der Waals surface area contributed by atoms with Gasteiger partial charge in [0.05, 0.1) is 0 Å². The third-order valence-corrected chi connectivity index (χ3v) is 5.28. The van der Waals surface area contributed by atoms with Gasteiger partial charge in [-0.25, -0.2) is 0 Å². The van der Waals surface area contributed by atoms with Crippen LogP contribution in [0.2, 0.25) is 0 Å². The lowest BCUT2D eigenvalue weighted by molar-refractivity contribution is -0.120. The Morgan fingerprint density at radius 2 is 1.64 bits per heavy atom. The van der Waals surface area contributed by atoms with Crippen LogP contribution in [0.15, 0.2) is 24.3 Å². The lowest BCUT2D eigenvalue weighted by Gasteiger charge is -2.33. The molecule has 2 aliphatic rings. The van der Waals surface area contributed by atoms with Crippen LogP contribution in [0.5, 0.6) is 0 Å². The number of hydrogen-bond acceptors (Lipinski definition) is 3. The van der Waals surface area contributed by atoms with Gasteiger partial charge in [0.1, 0.15) is 0 Å². The van der Waals surface area contributed by atoms with E-state index in [4.69, 9.17) is 4.74 Å². The monoisotopic (exact) mass is 344 g/mol. The first kappa shape index (κ1) is 17.9. The number of ether oxygens (including phenoxy) is 1. The van der Waals surface area contributed by atoms with E-state index in [1.165, 1.54) is 6.42 Å². The number of benzene rings is 1. The third kappa shape index (κ3) is 4.60. The van der Waals surface area contributed by atoms with Gasteiger partial charge in [0.15, 0.2) is 0 Å². The maximum Gasteiger partial charge on any atom is 0.227 e. The molecule has 25 heavy (non-hydrogen) atoms. The summed E-state index contributed by atoms with van der Waals surface area (Å²) >= 11 is 0. The van der Waals surface area contributed by atoms with E-state index in [0.717, 1.165) is 49.9 Å². The highest BCUT2D eigenvalue weighted by atomic mass is 16.5. The van der Waals surface area contributed by atoms with Crippen molar-refractivity contribution in [3.63, 3.8) is 0 Å². The Labute approximate surface area is 149 Å². The molecule has 1 aromatic carbocycles. The number of hydrogen-bond donors (Lipinski definition) is 1. The van der Waals surface area contributed by atoms with Crippen molar-refractivity contribution < 1.29 is 14.3 Å². The van der Waals surface area contributed by atoms with E-state index in [1.54, 1.807) is 6.92 Å². The molecule has 1 heterocycles. The lowest BCUT2D eigenvalue weighted by atomic mass is 9.88. The van der Waals surface area contributed by atoms with Gasteiger partial charge in [0.2, 0.25) is 11.8 Å². The number of anilines is 2. The van der Waals surface area contributed by atoms with E-state index < -0.39 is 0 Å². The first-order valence-corrected chi connectivity index (χ1v) is 9.43. The zero-order chi connectivity index (χ0) is 17.6. The van der Waals surface area contributed by atoms with Crippen molar-refractivity contribution in [2.75, 3.05) is 23.4 Å². The summed E-state index contributed by atoms with van der Waals surface area (Å²) in [6, 6.07) is 7.83. The van der Waals surface area contributed by atoms with Gasteiger partial charge in [-0.05, 0) is 49.9 Å². The van der Waals surface area contributed by atoms with Gasteiger partial charge in [-0.2, -0.15) is 0 Å². The van der Waals surface area contributed by atoms with Crippen LogP contribution in [0.4, 0.5) is 11.4 Å². The van der Waals surface area contributed by atoms with Crippen molar-refractivity contribution >= 4 is 23.2 Å². The summed E-state index contributed by atoms with van der Waals surface area (Å²) in [7, 11) is 0. The van der Waals surface area contributed by atoms with Gasteiger partial charge >= 0.3 is 0 Å². The van der Waals surface area contributed by atoms with Crippen molar-refractivity contribution in [3.05, 3.63) is 24.3 Å². The van der Waals surface area contributed by atoms with Crippen LogP contribution in [0, 0.1) is 5.92 Å². The Kier molecular flexibility index (Phi) is 6.08.